The molecule has 0 aliphatic rings. The Bertz CT molecular complexity index is 548. The quantitative estimate of drug-likeness (QED) is 0.877. The summed E-state index contributed by atoms with van der Waals surface area (Å²) in [7, 11) is 1.71. The standard InChI is InChI=1S/C16H23N3O/c1-12(2)19-11-14(10-18-19)9-17-13(3)15-7-5-6-8-16(15)20-4/h5-8,10-13,17H,9H2,1-4H3/t13-/m1/s1. The maximum Gasteiger partial charge on any atom is 0.123 e. The lowest BCUT2D eigenvalue weighted by Gasteiger charge is -2.16. The van der Waals surface area contributed by atoms with Crippen molar-refractivity contribution in [2.45, 2.75) is 39.4 Å². The topological polar surface area (TPSA) is 39.1 Å². The minimum Gasteiger partial charge on any atom is -0.496 e. The first kappa shape index (κ1) is 14.6. The van der Waals surface area contributed by atoms with Crippen molar-refractivity contribution in [3.8, 4) is 5.75 Å². The van der Waals surface area contributed by atoms with E-state index in [9.17, 15) is 0 Å². The molecule has 4 heteroatoms. The van der Waals surface area contributed by atoms with Gasteiger partial charge in [0, 0.05) is 36.0 Å². The highest BCUT2D eigenvalue weighted by Gasteiger charge is 2.10. The van der Waals surface area contributed by atoms with Crippen molar-refractivity contribution in [2.24, 2.45) is 0 Å². The summed E-state index contributed by atoms with van der Waals surface area (Å²) in [6.07, 6.45) is 4.01. The number of rotatable bonds is 6. The Kier molecular flexibility index (Phi) is 4.79. The molecule has 1 heterocycles. The van der Waals surface area contributed by atoms with Crippen LogP contribution in [-0.2, 0) is 6.54 Å². The van der Waals surface area contributed by atoms with Crippen LogP contribution in [0.2, 0.25) is 0 Å². The van der Waals surface area contributed by atoms with Gasteiger partial charge in [0.2, 0.25) is 0 Å². The number of hydrogen-bond acceptors (Lipinski definition) is 3. The smallest absolute Gasteiger partial charge is 0.123 e. The second kappa shape index (κ2) is 6.57. The first-order valence-electron chi connectivity index (χ1n) is 7.01. The van der Waals surface area contributed by atoms with Gasteiger partial charge in [-0.3, -0.25) is 4.68 Å². The maximum absolute atomic E-state index is 5.40. The molecule has 1 N–H and O–H groups in total. The minimum absolute atomic E-state index is 0.230. The highest BCUT2D eigenvalue weighted by atomic mass is 16.5. The van der Waals surface area contributed by atoms with Crippen molar-refractivity contribution in [1.82, 2.24) is 15.1 Å². The van der Waals surface area contributed by atoms with Crippen molar-refractivity contribution in [1.29, 1.82) is 0 Å². The summed E-state index contributed by atoms with van der Waals surface area (Å²) >= 11 is 0. The summed E-state index contributed by atoms with van der Waals surface area (Å²) < 4.78 is 7.37. The number of nitrogens with one attached hydrogen (secondary N) is 1. The molecule has 0 saturated heterocycles. The Morgan fingerprint density at radius 2 is 2.00 bits per heavy atom. The zero-order chi connectivity index (χ0) is 14.5. The van der Waals surface area contributed by atoms with Gasteiger partial charge in [-0.05, 0) is 26.8 Å². The molecular formula is C16H23N3O. The maximum atomic E-state index is 5.40. The molecular weight excluding hydrogens is 250 g/mol. The van der Waals surface area contributed by atoms with E-state index < -0.39 is 0 Å². The first-order chi connectivity index (χ1) is 9.61. The number of nitrogens with zero attached hydrogens (tertiary/aromatic N) is 2. The third kappa shape index (κ3) is 3.39. The molecule has 1 atom stereocenters. The summed E-state index contributed by atoms with van der Waals surface area (Å²) in [4.78, 5) is 0. The van der Waals surface area contributed by atoms with Gasteiger partial charge in [0.25, 0.3) is 0 Å². The molecule has 0 unspecified atom stereocenters. The summed E-state index contributed by atoms with van der Waals surface area (Å²) in [5.41, 5.74) is 2.37. The molecule has 0 bridgehead atoms. The minimum atomic E-state index is 0.230. The van der Waals surface area contributed by atoms with Gasteiger partial charge in [0.15, 0.2) is 0 Å². The molecule has 2 rings (SSSR count). The van der Waals surface area contributed by atoms with Crippen LogP contribution in [0, 0.1) is 0 Å². The van der Waals surface area contributed by atoms with Gasteiger partial charge in [-0.15, -0.1) is 0 Å². The van der Waals surface area contributed by atoms with E-state index in [0.717, 1.165) is 12.3 Å². The molecule has 20 heavy (non-hydrogen) atoms. The van der Waals surface area contributed by atoms with Gasteiger partial charge >= 0.3 is 0 Å². The fourth-order valence-electron chi connectivity index (χ4n) is 2.16. The Balaban J connectivity index is 1.99. The average Bonchev–Trinajstić information content (AvgIpc) is 2.94. The number of benzene rings is 1. The molecule has 1 aromatic carbocycles. The predicted molar refractivity (Wildman–Crippen MR) is 80.9 cm³/mol. The van der Waals surface area contributed by atoms with Crippen molar-refractivity contribution in [3.63, 3.8) is 0 Å². The largest absolute Gasteiger partial charge is 0.496 e. The lowest BCUT2D eigenvalue weighted by molar-refractivity contribution is 0.401. The Morgan fingerprint density at radius 3 is 2.65 bits per heavy atom. The number of aromatic nitrogens is 2. The predicted octanol–water partition coefficient (Wildman–Crippen LogP) is 3.32. The van der Waals surface area contributed by atoms with E-state index in [1.165, 1.54) is 11.1 Å². The fourth-order valence-corrected chi connectivity index (χ4v) is 2.16. The lowest BCUT2D eigenvalue weighted by atomic mass is 10.1. The van der Waals surface area contributed by atoms with Crippen LogP contribution in [0.25, 0.3) is 0 Å². The summed E-state index contributed by atoms with van der Waals surface area (Å²) in [5.74, 6) is 0.922. The molecule has 0 radical (unpaired) electrons. The van der Waals surface area contributed by atoms with Crippen LogP contribution >= 0.6 is 0 Å². The molecule has 108 valence electrons. The molecule has 0 aliphatic carbocycles. The van der Waals surface area contributed by atoms with Gasteiger partial charge in [-0.2, -0.15) is 5.10 Å². The monoisotopic (exact) mass is 273 g/mol. The first-order valence-corrected chi connectivity index (χ1v) is 7.01. The van der Waals surface area contributed by atoms with Crippen LogP contribution < -0.4 is 10.1 Å². The van der Waals surface area contributed by atoms with Crippen LogP contribution in [0.3, 0.4) is 0 Å². The fraction of sp³-hybridized carbons (Fsp3) is 0.438. The van der Waals surface area contributed by atoms with E-state index in [1.807, 2.05) is 29.1 Å². The third-order valence-corrected chi connectivity index (χ3v) is 3.40. The Morgan fingerprint density at radius 1 is 1.25 bits per heavy atom. The summed E-state index contributed by atoms with van der Waals surface area (Å²) in [6.45, 7) is 7.19. The summed E-state index contributed by atoms with van der Waals surface area (Å²) in [5, 5.41) is 7.86. The lowest BCUT2D eigenvalue weighted by Crippen LogP contribution is -2.18. The van der Waals surface area contributed by atoms with Crippen LogP contribution in [-0.4, -0.2) is 16.9 Å². The van der Waals surface area contributed by atoms with Gasteiger partial charge in [0.05, 0.1) is 13.3 Å². The molecule has 0 amide bonds. The normalized spacial score (nSPS) is 12.7. The van der Waals surface area contributed by atoms with Crippen LogP contribution in [0.4, 0.5) is 0 Å². The molecule has 1 aromatic heterocycles. The van der Waals surface area contributed by atoms with Gasteiger partial charge in [-0.1, -0.05) is 18.2 Å². The number of methoxy groups -OCH3 is 1. The van der Waals surface area contributed by atoms with Gasteiger partial charge < -0.3 is 10.1 Å². The van der Waals surface area contributed by atoms with E-state index >= 15 is 0 Å². The zero-order valence-corrected chi connectivity index (χ0v) is 12.6. The molecule has 0 saturated carbocycles. The highest BCUT2D eigenvalue weighted by Crippen LogP contribution is 2.24. The number of ether oxygens (including phenoxy) is 1. The third-order valence-electron chi connectivity index (χ3n) is 3.40. The highest BCUT2D eigenvalue weighted by molar-refractivity contribution is 5.35. The second-order valence-electron chi connectivity index (χ2n) is 5.27. The van der Waals surface area contributed by atoms with Gasteiger partial charge in [-0.25, -0.2) is 0 Å². The van der Waals surface area contributed by atoms with Crippen molar-refractivity contribution in [2.75, 3.05) is 7.11 Å². The molecule has 0 aliphatic heterocycles. The molecule has 0 fully saturated rings. The molecule has 4 nitrogen and oxygen atoms in total. The number of hydrogen-bond donors (Lipinski definition) is 1. The molecule has 2 aromatic rings. The van der Waals surface area contributed by atoms with Crippen LogP contribution in [0.5, 0.6) is 5.75 Å². The van der Waals surface area contributed by atoms with E-state index in [-0.39, 0.29) is 6.04 Å². The van der Waals surface area contributed by atoms with Crippen molar-refractivity contribution >= 4 is 0 Å². The average molecular weight is 273 g/mol. The SMILES string of the molecule is COc1ccccc1[C@@H](C)NCc1cnn(C(C)C)c1. The Hall–Kier alpha value is -1.81. The second-order valence-corrected chi connectivity index (χ2v) is 5.27. The van der Waals surface area contributed by atoms with E-state index in [0.29, 0.717) is 6.04 Å². The van der Waals surface area contributed by atoms with E-state index in [4.69, 9.17) is 4.74 Å². The van der Waals surface area contributed by atoms with Crippen molar-refractivity contribution in [3.05, 3.63) is 47.8 Å². The van der Waals surface area contributed by atoms with Gasteiger partial charge in [0.1, 0.15) is 5.75 Å². The zero-order valence-electron chi connectivity index (χ0n) is 12.6. The van der Waals surface area contributed by atoms with E-state index in [2.05, 4.69) is 43.4 Å². The number of para-hydroxylation sites is 1. The molecule has 0 spiro atoms. The van der Waals surface area contributed by atoms with E-state index in [1.54, 1.807) is 7.11 Å². The van der Waals surface area contributed by atoms with Crippen molar-refractivity contribution < 1.29 is 4.74 Å². The summed E-state index contributed by atoms with van der Waals surface area (Å²) in [6, 6.07) is 8.73. The van der Waals surface area contributed by atoms with Crippen LogP contribution in [0.15, 0.2) is 36.7 Å². The van der Waals surface area contributed by atoms with Crippen LogP contribution in [0.1, 0.15) is 44.0 Å². The Labute approximate surface area is 120 Å².